The number of methoxy groups -OCH3 is 1. The Labute approximate surface area is 289 Å². The molecule has 264 valence electrons. The number of carbonyl (C=O) groups excluding carboxylic acids is 1. The number of piperidine rings is 1. The summed E-state index contributed by atoms with van der Waals surface area (Å²) in [5.74, 6) is -1.07. The first-order valence-corrected chi connectivity index (χ1v) is 16.7. The number of rotatable bonds is 9. The zero-order valence-corrected chi connectivity index (χ0v) is 28.6. The maximum atomic E-state index is 15.1. The summed E-state index contributed by atoms with van der Waals surface area (Å²) in [6.07, 6.45) is 8.57. The summed E-state index contributed by atoms with van der Waals surface area (Å²) >= 11 is 0. The summed E-state index contributed by atoms with van der Waals surface area (Å²) in [6.45, 7) is 8.15. The van der Waals surface area contributed by atoms with Gasteiger partial charge < -0.3 is 34.9 Å². The van der Waals surface area contributed by atoms with Crippen molar-refractivity contribution < 1.29 is 33.3 Å². The fourth-order valence-corrected chi connectivity index (χ4v) is 6.34. The molecule has 2 aliphatic rings. The molecule has 1 aromatic carbocycles. The zero-order chi connectivity index (χ0) is 35.4. The van der Waals surface area contributed by atoms with Gasteiger partial charge in [-0.05, 0) is 70.7 Å². The number of hydrogen-bond acceptors (Lipinski definition) is 10. The molecule has 4 aromatic rings. The van der Waals surface area contributed by atoms with E-state index in [0.717, 1.165) is 49.0 Å². The number of hydrogen-bond donors (Lipinski definition) is 3. The normalized spacial score (nSPS) is 16.9. The number of aromatic nitrogens is 4. The van der Waals surface area contributed by atoms with Crippen molar-refractivity contribution in [3.05, 3.63) is 66.4 Å². The Bertz CT molecular complexity index is 1850. The molecule has 14 heteroatoms. The molecule has 2 saturated heterocycles. The molecular weight excluding hydrogens is 645 g/mol. The third kappa shape index (κ3) is 7.96. The van der Waals surface area contributed by atoms with E-state index >= 15 is 4.39 Å². The van der Waals surface area contributed by atoms with Crippen LogP contribution >= 0.6 is 0 Å². The second kappa shape index (κ2) is 14.7. The highest BCUT2D eigenvalue weighted by Gasteiger charge is 2.27. The van der Waals surface area contributed by atoms with Gasteiger partial charge in [0.1, 0.15) is 28.8 Å². The van der Waals surface area contributed by atoms with Gasteiger partial charge in [-0.2, -0.15) is 5.10 Å². The Hall–Kier alpha value is -5.24. The highest BCUT2D eigenvalue weighted by Crippen LogP contribution is 2.37. The van der Waals surface area contributed by atoms with Gasteiger partial charge in [-0.3, -0.25) is 4.68 Å². The Morgan fingerprint density at radius 1 is 1.08 bits per heavy atom. The second-order valence-corrected chi connectivity index (χ2v) is 13.4. The van der Waals surface area contributed by atoms with Gasteiger partial charge in [0, 0.05) is 61.9 Å². The number of aromatic carboxylic acids is 1. The standard InChI is InChI=1S/C36H42FN7O6/c1-36(2,3)50-35(47)40-23-7-6-14-43(21-23)28-17-31(38-19-26(28)22-18-39-44(20-22)24-12-15-49-16-13-24)41-30-11-10-25(34(45)46)33(42-30)32-27(37)8-5-9-29(32)48-4/h5,8-11,17-20,23-24H,6-7,12-16,21H2,1-4H3,(H,40,47)(H,45,46)(H,38,41,42)/t23-/m0/s1. The number of alkyl carbamates (subject to hydrolysis) is 1. The number of benzene rings is 1. The molecule has 1 atom stereocenters. The van der Waals surface area contributed by atoms with E-state index in [0.29, 0.717) is 25.6 Å². The van der Waals surface area contributed by atoms with E-state index in [1.54, 1.807) is 12.3 Å². The second-order valence-electron chi connectivity index (χ2n) is 13.4. The molecule has 5 heterocycles. The van der Waals surface area contributed by atoms with E-state index in [1.807, 2.05) is 43.9 Å². The summed E-state index contributed by atoms with van der Waals surface area (Å²) in [6, 6.07) is 9.13. The monoisotopic (exact) mass is 687 g/mol. The van der Waals surface area contributed by atoms with Crippen LogP contribution in [0.3, 0.4) is 0 Å². The first-order valence-electron chi connectivity index (χ1n) is 16.7. The minimum absolute atomic E-state index is 0.0570. The third-order valence-corrected chi connectivity index (χ3v) is 8.66. The molecule has 13 nitrogen and oxygen atoms in total. The molecule has 2 fully saturated rings. The quantitative estimate of drug-likeness (QED) is 0.178. The molecule has 6 rings (SSSR count). The van der Waals surface area contributed by atoms with E-state index < -0.39 is 23.5 Å². The Kier molecular flexibility index (Phi) is 10.2. The summed E-state index contributed by atoms with van der Waals surface area (Å²) in [7, 11) is 1.38. The number of nitrogens with zero attached hydrogens (tertiary/aromatic N) is 5. The number of carboxylic acid groups (broad SMARTS) is 1. The van der Waals surface area contributed by atoms with Crippen LogP contribution in [0.15, 0.2) is 55.0 Å². The van der Waals surface area contributed by atoms with Gasteiger partial charge in [0.25, 0.3) is 0 Å². The number of anilines is 3. The summed E-state index contributed by atoms with van der Waals surface area (Å²) in [5.41, 5.74) is 1.68. The summed E-state index contributed by atoms with van der Waals surface area (Å²) < 4.78 is 33.5. The molecule has 0 bridgehead atoms. The van der Waals surface area contributed by atoms with Crippen molar-refractivity contribution in [1.82, 2.24) is 25.1 Å². The Balaban J connectivity index is 1.35. The van der Waals surface area contributed by atoms with Crippen LogP contribution in [0.25, 0.3) is 22.4 Å². The third-order valence-electron chi connectivity index (χ3n) is 8.66. The first-order chi connectivity index (χ1) is 24.0. The van der Waals surface area contributed by atoms with Gasteiger partial charge in [0.2, 0.25) is 0 Å². The smallest absolute Gasteiger partial charge is 0.407 e. The van der Waals surface area contributed by atoms with Gasteiger partial charge in [0.15, 0.2) is 0 Å². The molecule has 0 spiro atoms. The van der Waals surface area contributed by atoms with E-state index in [-0.39, 0.29) is 40.5 Å². The average molecular weight is 688 g/mol. The van der Waals surface area contributed by atoms with Gasteiger partial charge in [-0.25, -0.2) is 23.9 Å². The largest absolute Gasteiger partial charge is 0.496 e. The topological polar surface area (TPSA) is 153 Å². The predicted octanol–water partition coefficient (Wildman–Crippen LogP) is 6.44. The van der Waals surface area contributed by atoms with Gasteiger partial charge >= 0.3 is 12.1 Å². The number of nitrogens with one attached hydrogen (secondary N) is 2. The lowest BCUT2D eigenvalue weighted by Gasteiger charge is -2.36. The van der Waals surface area contributed by atoms with Crippen LogP contribution in [-0.4, -0.2) is 82.0 Å². The molecule has 0 aliphatic carbocycles. The number of halogens is 1. The predicted molar refractivity (Wildman–Crippen MR) is 186 cm³/mol. The minimum Gasteiger partial charge on any atom is -0.496 e. The van der Waals surface area contributed by atoms with Gasteiger partial charge in [-0.1, -0.05) is 6.07 Å². The van der Waals surface area contributed by atoms with E-state index in [1.165, 1.54) is 31.4 Å². The van der Waals surface area contributed by atoms with Crippen molar-refractivity contribution in [3.63, 3.8) is 0 Å². The van der Waals surface area contributed by atoms with Crippen LogP contribution < -0.4 is 20.3 Å². The fraction of sp³-hybridized carbons (Fsp3) is 0.417. The van der Waals surface area contributed by atoms with Crippen molar-refractivity contribution in [2.24, 2.45) is 0 Å². The lowest BCUT2D eigenvalue weighted by molar-refractivity contribution is 0.0499. The highest BCUT2D eigenvalue weighted by molar-refractivity contribution is 5.96. The van der Waals surface area contributed by atoms with Crippen molar-refractivity contribution in [2.75, 3.05) is 43.6 Å². The SMILES string of the molecule is COc1cccc(F)c1-c1nc(Nc2cc(N3CCC[C@H](NC(=O)OC(C)(C)C)C3)c(-c3cnn(C4CCOCC4)c3)cn2)ccc1C(=O)O. The van der Waals surface area contributed by atoms with Crippen molar-refractivity contribution in [1.29, 1.82) is 0 Å². The molecule has 3 aromatic heterocycles. The van der Waals surface area contributed by atoms with E-state index in [2.05, 4.69) is 25.6 Å². The number of ether oxygens (including phenoxy) is 3. The van der Waals surface area contributed by atoms with Crippen LogP contribution in [0.1, 0.15) is 62.9 Å². The average Bonchev–Trinajstić information content (AvgIpc) is 3.58. The van der Waals surface area contributed by atoms with Gasteiger partial charge in [-0.15, -0.1) is 0 Å². The van der Waals surface area contributed by atoms with Crippen LogP contribution in [0.5, 0.6) is 5.75 Å². The lowest BCUT2D eigenvalue weighted by atomic mass is 10.0. The number of carbonyl (C=O) groups is 2. The fourth-order valence-electron chi connectivity index (χ4n) is 6.34. The maximum absolute atomic E-state index is 15.1. The van der Waals surface area contributed by atoms with Crippen molar-refractivity contribution in [3.8, 4) is 28.1 Å². The minimum atomic E-state index is -1.25. The van der Waals surface area contributed by atoms with Crippen LogP contribution in [0.4, 0.5) is 26.5 Å². The Morgan fingerprint density at radius 3 is 2.62 bits per heavy atom. The summed E-state index contributed by atoms with van der Waals surface area (Å²) in [4.78, 5) is 36.2. The van der Waals surface area contributed by atoms with Gasteiger partial charge in [0.05, 0.1) is 41.9 Å². The Morgan fingerprint density at radius 2 is 1.88 bits per heavy atom. The molecule has 50 heavy (non-hydrogen) atoms. The molecule has 0 unspecified atom stereocenters. The molecule has 3 N–H and O–H groups in total. The van der Waals surface area contributed by atoms with E-state index in [9.17, 15) is 14.7 Å². The van der Waals surface area contributed by atoms with Crippen LogP contribution in [-0.2, 0) is 9.47 Å². The number of pyridine rings is 2. The molecule has 1 amide bonds. The molecular formula is C36H42FN7O6. The lowest BCUT2D eigenvalue weighted by Crippen LogP contribution is -2.49. The summed E-state index contributed by atoms with van der Waals surface area (Å²) in [5, 5.41) is 20.8. The number of amides is 1. The van der Waals surface area contributed by atoms with Crippen molar-refractivity contribution in [2.45, 2.75) is 64.1 Å². The number of carboxylic acids is 1. The maximum Gasteiger partial charge on any atom is 0.407 e. The van der Waals surface area contributed by atoms with Crippen LogP contribution in [0, 0.1) is 5.82 Å². The molecule has 0 radical (unpaired) electrons. The van der Waals surface area contributed by atoms with Crippen LogP contribution in [0.2, 0.25) is 0 Å². The molecule has 0 saturated carbocycles. The molecule has 2 aliphatic heterocycles. The van der Waals surface area contributed by atoms with E-state index in [4.69, 9.17) is 19.2 Å². The highest BCUT2D eigenvalue weighted by atomic mass is 19.1. The van der Waals surface area contributed by atoms with Crippen molar-refractivity contribution >= 4 is 29.4 Å². The zero-order valence-electron chi connectivity index (χ0n) is 28.6. The first kappa shape index (κ1) is 34.6.